The number of ether oxygens (including phenoxy) is 1. The van der Waals surface area contributed by atoms with Gasteiger partial charge >= 0.3 is 0 Å². The normalized spacial score (nSPS) is 9.96. The molecule has 0 atom stereocenters. The Morgan fingerprint density at radius 1 is 0.957 bits per heavy atom. The lowest BCUT2D eigenvalue weighted by Crippen LogP contribution is -2.28. The van der Waals surface area contributed by atoms with E-state index < -0.39 is 0 Å². The highest BCUT2D eigenvalue weighted by atomic mass is 16.5. The second-order valence-electron chi connectivity index (χ2n) is 5.04. The number of carbonyl (C=O) groups excluding carboxylic acids is 2. The molecule has 0 fully saturated rings. The van der Waals surface area contributed by atoms with E-state index in [1.807, 2.05) is 30.3 Å². The quantitative estimate of drug-likeness (QED) is 0.825. The van der Waals surface area contributed by atoms with Gasteiger partial charge in [-0.25, -0.2) is 0 Å². The van der Waals surface area contributed by atoms with Crippen molar-refractivity contribution < 1.29 is 14.3 Å². The molecule has 2 aromatic carbocycles. The highest BCUT2D eigenvalue weighted by Crippen LogP contribution is 2.14. The third kappa shape index (κ3) is 5.82. The molecular formula is C18H20N2O3. The molecule has 2 aromatic rings. The standard InChI is InChI=1S/C18H20N2O3/c1-23-16-9-7-15(8-10-16)20-17(21)11-12-19-18(22)13-14-5-3-2-4-6-14/h2-10H,11-13H2,1H3,(H,19,22)(H,20,21). The number of anilines is 1. The predicted molar refractivity (Wildman–Crippen MR) is 89.4 cm³/mol. The van der Waals surface area contributed by atoms with E-state index in [4.69, 9.17) is 4.74 Å². The van der Waals surface area contributed by atoms with Gasteiger partial charge in [-0.3, -0.25) is 9.59 Å². The Labute approximate surface area is 135 Å². The van der Waals surface area contributed by atoms with Crippen LogP contribution in [0.1, 0.15) is 12.0 Å². The molecule has 5 heteroatoms. The maximum atomic E-state index is 11.8. The number of carbonyl (C=O) groups is 2. The van der Waals surface area contributed by atoms with E-state index in [9.17, 15) is 9.59 Å². The fourth-order valence-corrected chi connectivity index (χ4v) is 2.06. The van der Waals surface area contributed by atoms with E-state index in [-0.39, 0.29) is 18.2 Å². The Morgan fingerprint density at radius 2 is 1.65 bits per heavy atom. The molecule has 5 nitrogen and oxygen atoms in total. The van der Waals surface area contributed by atoms with Crippen molar-refractivity contribution in [3.63, 3.8) is 0 Å². The first-order valence-corrected chi connectivity index (χ1v) is 7.42. The van der Waals surface area contributed by atoms with Gasteiger partial charge in [0.2, 0.25) is 11.8 Å². The molecule has 0 aliphatic rings. The van der Waals surface area contributed by atoms with Gasteiger partial charge in [0.05, 0.1) is 13.5 Å². The summed E-state index contributed by atoms with van der Waals surface area (Å²) >= 11 is 0. The maximum Gasteiger partial charge on any atom is 0.226 e. The van der Waals surface area contributed by atoms with E-state index in [2.05, 4.69) is 10.6 Å². The lowest BCUT2D eigenvalue weighted by molar-refractivity contribution is -0.120. The van der Waals surface area contributed by atoms with Crippen LogP contribution in [0.4, 0.5) is 5.69 Å². The van der Waals surface area contributed by atoms with Gasteiger partial charge < -0.3 is 15.4 Å². The van der Waals surface area contributed by atoms with Gasteiger partial charge in [-0.05, 0) is 29.8 Å². The number of hydrogen-bond acceptors (Lipinski definition) is 3. The Hall–Kier alpha value is -2.82. The van der Waals surface area contributed by atoms with Crippen molar-refractivity contribution >= 4 is 17.5 Å². The van der Waals surface area contributed by atoms with Crippen LogP contribution in [-0.4, -0.2) is 25.5 Å². The van der Waals surface area contributed by atoms with Crippen molar-refractivity contribution in [2.75, 3.05) is 19.0 Å². The summed E-state index contributed by atoms with van der Waals surface area (Å²) in [6, 6.07) is 16.6. The number of amides is 2. The van der Waals surface area contributed by atoms with Gasteiger partial charge in [-0.2, -0.15) is 0 Å². The highest BCUT2D eigenvalue weighted by molar-refractivity contribution is 5.91. The molecule has 0 spiro atoms. The lowest BCUT2D eigenvalue weighted by Gasteiger charge is -2.07. The third-order valence-electron chi connectivity index (χ3n) is 3.26. The maximum absolute atomic E-state index is 11.8. The zero-order valence-electron chi connectivity index (χ0n) is 13.0. The van der Waals surface area contributed by atoms with Gasteiger partial charge in [0.25, 0.3) is 0 Å². The lowest BCUT2D eigenvalue weighted by atomic mass is 10.1. The second-order valence-corrected chi connectivity index (χ2v) is 5.04. The number of hydrogen-bond donors (Lipinski definition) is 2. The van der Waals surface area contributed by atoms with Gasteiger partial charge in [0, 0.05) is 18.7 Å². The Balaban J connectivity index is 1.68. The molecule has 23 heavy (non-hydrogen) atoms. The van der Waals surface area contributed by atoms with Crippen LogP contribution >= 0.6 is 0 Å². The van der Waals surface area contributed by atoms with Crippen LogP contribution in [0.2, 0.25) is 0 Å². The molecule has 0 radical (unpaired) electrons. The molecule has 0 aromatic heterocycles. The van der Waals surface area contributed by atoms with Crippen molar-refractivity contribution in [3.8, 4) is 5.75 Å². The largest absolute Gasteiger partial charge is 0.497 e. The number of rotatable bonds is 7. The van der Waals surface area contributed by atoms with E-state index in [1.165, 1.54) is 0 Å². The van der Waals surface area contributed by atoms with Crippen molar-refractivity contribution in [2.24, 2.45) is 0 Å². The number of nitrogens with one attached hydrogen (secondary N) is 2. The minimum absolute atomic E-state index is 0.0894. The predicted octanol–water partition coefficient (Wildman–Crippen LogP) is 2.38. The van der Waals surface area contributed by atoms with Gasteiger partial charge in [-0.15, -0.1) is 0 Å². The number of benzene rings is 2. The number of methoxy groups -OCH3 is 1. The Morgan fingerprint density at radius 3 is 2.30 bits per heavy atom. The first-order valence-electron chi connectivity index (χ1n) is 7.42. The van der Waals surface area contributed by atoms with Crippen LogP contribution in [0.25, 0.3) is 0 Å². The summed E-state index contributed by atoms with van der Waals surface area (Å²) in [7, 11) is 1.59. The summed E-state index contributed by atoms with van der Waals surface area (Å²) in [6.07, 6.45) is 0.549. The van der Waals surface area contributed by atoms with Gasteiger partial charge in [-0.1, -0.05) is 30.3 Å². The van der Waals surface area contributed by atoms with Crippen LogP contribution in [-0.2, 0) is 16.0 Å². The van der Waals surface area contributed by atoms with Gasteiger partial charge in [0.15, 0.2) is 0 Å². The van der Waals surface area contributed by atoms with E-state index in [1.54, 1.807) is 31.4 Å². The summed E-state index contributed by atoms with van der Waals surface area (Å²) in [6.45, 7) is 0.313. The van der Waals surface area contributed by atoms with Crippen molar-refractivity contribution in [3.05, 3.63) is 60.2 Å². The summed E-state index contributed by atoms with van der Waals surface area (Å²) < 4.78 is 5.05. The fraction of sp³-hybridized carbons (Fsp3) is 0.222. The first kappa shape index (κ1) is 16.5. The molecular weight excluding hydrogens is 292 g/mol. The molecule has 0 saturated heterocycles. The first-order chi connectivity index (χ1) is 11.2. The monoisotopic (exact) mass is 312 g/mol. The molecule has 0 saturated carbocycles. The SMILES string of the molecule is COc1ccc(NC(=O)CCNC(=O)Cc2ccccc2)cc1. The minimum atomic E-state index is -0.143. The molecule has 0 heterocycles. The molecule has 2 N–H and O–H groups in total. The summed E-state index contributed by atoms with van der Waals surface area (Å²) in [5, 5.41) is 5.52. The summed E-state index contributed by atoms with van der Waals surface area (Å²) in [5.41, 5.74) is 1.65. The average Bonchev–Trinajstić information content (AvgIpc) is 2.56. The topological polar surface area (TPSA) is 67.4 Å². The third-order valence-corrected chi connectivity index (χ3v) is 3.26. The van der Waals surface area contributed by atoms with E-state index in [0.717, 1.165) is 11.3 Å². The molecule has 0 aliphatic carbocycles. The zero-order valence-corrected chi connectivity index (χ0v) is 13.0. The van der Waals surface area contributed by atoms with Crippen molar-refractivity contribution in [2.45, 2.75) is 12.8 Å². The van der Waals surface area contributed by atoms with Crippen molar-refractivity contribution in [1.29, 1.82) is 0 Å². The average molecular weight is 312 g/mol. The molecule has 2 rings (SSSR count). The molecule has 0 aliphatic heterocycles. The Kier molecular flexibility index (Phi) is 6.17. The van der Waals surface area contributed by atoms with E-state index >= 15 is 0 Å². The summed E-state index contributed by atoms with van der Waals surface area (Å²) in [4.78, 5) is 23.6. The molecule has 2 amide bonds. The van der Waals surface area contributed by atoms with Crippen LogP contribution in [0, 0.1) is 0 Å². The Bertz CT molecular complexity index is 639. The second kappa shape index (κ2) is 8.58. The van der Waals surface area contributed by atoms with E-state index in [0.29, 0.717) is 18.7 Å². The zero-order chi connectivity index (χ0) is 16.5. The molecule has 0 bridgehead atoms. The van der Waals surface area contributed by atoms with Crippen LogP contribution in [0.15, 0.2) is 54.6 Å². The van der Waals surface area contributed by atoms with Crippen molar-refractivity contribution in [1.82, 2.24) is 5.32 Å². The molecule has 0 unspecified atom stereocenters. The summed E-state index contributed by atoms with van der Waals surface area (Å²) in [5.74, 6) is 0.500. The minimum Gasteiger partial charge on any atom is -0.497 e. The van der Waals surface area contributed by atoms with Crippen LogP contribution < -0.4 is 15.4 Å². The highest BCUT2D eigenvalue weighted by Gasteiger charge is 2.06. The molecule has 120 valence electrons. The van der Waals surface area contributed by atoms with Gasteiger partial charge in [0.1, 0.15) is 5.75 Å². The van der Waals surface area contributed by atoms with Crippen LogP contribution in [0.5, 0.6) is 5.75 Å². The van der Waals surface area contributed by atoms with Crippen LogP contribution in [0.3, 0.4) is 0 Å². The fourth-order valence-electron chi connectivity index (χ4n) is 2.06. The smallest absolute Gasteiger partial charge is 0.226 e.